The monoisotopic (exact) mass is 384 g/mol. The first-order valence-corrected chi connectivity index (χ1v) is 9.06. The van der Waals surface area contributed by atoms with Gasteiger partial charge in [-0.05, 0) is 26.7 Å². The lowest BCUT2D eigenvalue weighted by Crippen LogP contribution is -2.45. The summed E-state index contributed by atoms with van der Waals surface area (Å²) in [6, 6.07) is -1.22. The van der Waals surface area contributed by atoms with Gasteiger partial charge in [-0.15, -0.1) is 0 Å². The molecule has 1 aliphatic heterocycles. The van der Waals surface area contributed by atoms with E-state index in [9.17, 15) is 19.2 Å². The lowest BCUT2D eigenvalue weighted by atomic mass is 10.1. The Kier molecular flexibility index (Phi) is 8.77. The van der Waals surface area contributed by atoms with Crippen molar-refractivity contribution in [3.8, 4) is 0 Å². The highest BCUT2D eigenvalue weighted by Gasteiger charge is 2.48. The molecule has 1 unspecified atom stereocenters. The molecule has 0 radical (unpaired) electrons. The van der Waals surface area contributed by atoms with Gasteiger partial charge in [0.05, 0.1) is 25.4 Å². The predicted molar refractivity (Wildman–Crippen MR) is 95.3 cm³/mol. The molecule has 0 aromatic rings. The van der Waals surface area contributed by atoms with Gasteiger partial charge in [-0.25, -0.2) is 9.59 Å². The maximum absolute atomic E-state index is 12.9. The van der Waals surface area contributed by atoms with Gasteiger partial charge in [0.1, 0.15) is 12.2 Å². The number of carbonyl (C=O) groups is 4. The van der Waals surface area contributed by atoms with E-state index in [1.54, 1.807) is 20.8 Å². The van der Waals surface area contributed by atoms with Crippen molar-refractivity contribution in [2.45, 2.75) is 40.7 Å². The molecule has 1 heterocycles. The molecule has 0 aromatic heterocycles. The Balaban J connectivity index is 3.31. The van der Waals surface area contributed by atoms with E-state index in [0.29, 0.717) is 0 Å². The van der Waals surface area contributed by atoms with Gasteiger partial charge in [0.15, 0.2) is 6.04 Å². The van der Waals surface area contributed by atoms with Crippen LogP contribution in [0.4, 0.5) is 0 Å². The number of nitrogens with one attached hydrogen (secondary N) is 1. The topological polar surface area (TPSA) is 111 Å². The number of ether oxygens (including phenoxy) is 3. The zero-order chi connectivity index (χ0) is 20.6. The van der Waals surface area contributed by atoms with Crippen LogP contribution < -0.4 is 5.32 Å². The smallest absolute Gasteiger partial charge is 0.339 e. The molecule has 0 saturated carbocycles. The van der Waals surface area contributed by atoms with E-state index in [-0.39, 0.29) is 50.1 Å². The summed E-state index contributed by atoms with van der Waals surface area (Å²) in [5.41, 5.74) is -0.287. The highest BCUT2D eigenvalue weighted by Crippen LogP contribution is 2.28. The van der Waals surface area contributed by atoms with E-state index in [2.05, 4.69) is 5.32 Å². The summed E-state index contributed by atoms with van der Waals surface area (Å²) in [4.78, 5) is 50.8. The summed E-state index contributed by atoms with van der Waals surface area (Å²) < 4.78 is 14.9. The first kappa shape index (κ1) is 22.5. The van der Waals surface area contributed by atoms with E-state index in [4.69, 9.17) is 14.2 Å². The minimum atomic E-state index is -1.22. The Morgan fingerprint density at radius 2 is 1.63 bits per heavy atom. The molecule has 9 nitrogen and oxygen atoms in total. The zero-order valence-corrected chi connectivity index (χ0v) is 16.5. The summed E-state index contributed by atoms with van der Waals surface area (Å²) in [7, 11) is 0. The molecule has 0 spiro atoms. The normalized spacial score (nSPS) is 16.6. The molecule has 0 saturated heterocycles. The van der Waals surface area contributed by atoms with Crippen molar-refractivity contribution in [2.75, 3.05) is 32.9 Å². The molecule has 1 atom stereocenters. The summed E-state index contributed by atoms with van der Waals surface area (Å²) in [5, 5.41) is 2.64. The van der Waals surface area contributed by atoms with Gasteiger partial charge >= 0.3 is 17.9 Å². The minimum Gasteiger partial charge on any atom is -0.465 e. The first-order chi connectivity index (χ1) is 12.8. The maximum Gasteiger partial charge on any atom is 0.339 e. The van der Waals surface area contributed by atoms with E-state index < -0.39 is 29.9 Å². The van der Waals surface area contributed by atoms with Crippen molar-refractivity contribution in [3.05, 3.63) is 11.3 Å². The molecule has 1 N–H and O–H groups in total. The van der Waals surface area contributed by atoms with E-state index in [0.717, 1.165) is 0 Å². The minimum absolute atomic E-state index is 0.0405. The third kappa shape index (κ3) is 5.70. The second-order valence-corrected chi connectivity index (χ2v) is 6.17. The average molecular weight is 384 g/mol. The maximum atomic E-state index is 12.9. The number of rotatable bonds is 10. The molecule has 27 heavy (non-hydrogen) atoms. The molecule has 1 amide bonds. The van der Waals surface area contributed by atoms with Crippen LogP contribution in [-0.2, 0) is 33.4 Å². The van der Waals surface area contributed by atoms with Gasteiger partial charge in [0.25, 0.3) is 5.91 Å². The molecular formula is C18H28N2O7. The van der Waals surface area contributed by atoms with Crippen molar-refractivity contribution in [3.63, 3.8) is 0 Å². The lowest BCUT2D eigenvalue weighted by Gasteiger charge is -2.26. The molecule has 152 valence electrons. The fourth-order valence-corrected chi connectivity index (χ4v) is 2.68. The van der Waals surface area contributed by atoms with E-state index in [1.807, 2.05) is 13.8 Å². The highest BCUT2D eigenvalue weighted by molar-refractivity contribution is 6.12. The fraction of sp³-hybridized carbons (Fsp3) is 0.667. The second-order valence-electron chi connectivity index (χ2n) is 6.17. The average Bonchev–Trinajstić information content (AvgIpc) is 2.85. The molecular weight excluding hydrogens is 356 g/mol. The van der Waals surface area contributed by atoms with Crippen LogP contribution >= 0.6 is 0 Å². The van der Waals surface area contributed by atoms with E-state index >= 15 is 0 Å². The van der Waals surface area contributed by atoms with Crippen LogP contribution in [0.1, 0.15) is 34.6 Å². The number of nitrogens with zero attached hydrogens (tertiary/aromatic N) is 1. The first-order valence-electron chi connectivity index (χ1n) is 9.06. The molecule has 0 aromatic carbocycles. The number of esters is 3. The molecule has 0 bridgehead atoms. The second kappa shape index (κ2) is 10.5. The largest absolute Gasteiger partial charge is 0.465 e. The van der Waals surface area contributed by atoms with Gasteiger partial charge in [-0.2, -0.15) is 0 Å². The van der Waals surface area contributed by atoms with Crippen molar-refractivity contribution < 1.29 is 33.4 Å². The van der Waals surface area contributed by atoms with Crippen LogP contribution in [0.2, 0.25) is 0 Å². The van der Waals surface area contributed by atoms with Gasteiger partial charge in [0, 0.05) is 6.54 Å². The van der Waals surface area contributed by atoms with Crippen LogP contribution in [0, 0.1) is 5.92 Å². The van der Waals surface area contributed by atoms with Crippen LogP contribution in [0.3, 0.4) is 0 Å². The van der Waals surface area contributed by atoms with Crippen molar-refractivity contribution in [1.29, 1.82) is 0 Å². The van der Waals surface area contributed by atoms with Crippen LogP contribution in [-0.4, -0.2) is 67.7 Å². The Hall–Kier alpha value is -2.58. The molecule has 9 heteroatoms. The van der Waals surface area contributed by atoms with Crippen molar-refractivity contribution in [2.24, 2.45) is 5.92 Å². The van der Waals surface area contributed by atoms with Gasteiger partial charge in [-0.1, -0.05) is 13.8 Å². The zero-order valence-electron chi connectivity index (χ0n) is 16.5. The molecule has 1 rings (SSSR count). The van der Waals surface area contributed by atoms with Crippen molar-refractivity contribution >= 4 is 23.8 Å². The number of hydrogen-bond acceptors (Lipinski definition) is 8. The SMILES string of the molecule is CCOC(=O)CNC1=C(C(=O)OCC)C(C(=O)OCC)N(CC(C)C)C1=O. The Morgan fingerprint density at radius 3 is 2.15 bits per heavy atom. The third-order valence-corrected chi connectivity index (χ3v) is 3.61. The summed E-state index contributed by atoms with van der Waals surface area (Å²) in [5.74, 6) is -2.63. The molecule has 0 aliphatic carbocycles. The number of amides is 1. The summed E-state index contributed by atoms with van der Waals surface area (Å²) in [6.45, 7) is 8.93. The van der Waals surface area contributed by atoms with Crippen LogP contribution in [0.15, 0.2) is 11.3 Å². The predicted octanol–water partition coefficient (Wildman–Crippen LogP) is 0.386. The van der Waals surface area contributed by atoms with Crippen LogP contribution in [0.5, 0.6) is 0 Å². The standard InChI is InChI=1S/C18H28N2O7/c1-6-25-12(21)9-19-14-13(17(23)26-7-2)15(18(24)27-8-3)20(16(14)22)10-11(4)5/h11,15,19H,6-10H2,1-5H3. The molecule has 1 aliphatic rings. The Labute approximate surface area is 159 Å². The lowest BCUT2D eigenvalue weighted by molar-refractivity contribution is -0.153. The van der Waals surface area contributed by atoms with E-state index in [1.165, 1.54) is 4.90 Å². The quantitative estimate of drug-likeness (QED) is 0.425. The summed E-state index contributed by atoms with van der Waals surface area (Å²) >= 11 is 0. The summed E-state index contributed by atoms with van der Waals surface area (Å²) in [6.07, 6.45) is 0. The van der Waals surface area contributed by atoms with Gasteiger partial charge in [0.2, 0.25) is 0 Å². The fourth-order valence-electron chi connectivity index (χ4n) is 2.68. The number of hydrogen-bond donors (Lipinski definition) is 1. The third-order valence-electron chi connectivity index (χ3n) is 3.61. The van der Waals surface area contributed by atoms with Gasteiger partial charge < -0.3 is 24.4 Å². The van der Waals surface area contributed by atoms with Crippen LogP contribution in [0.25, 0.3) is 0 Å². The number of carbonyl (C=O) groups excluding carboxylic acids is 4. The Bertz CT molecular complexity index is 613. The van der Waals surface area contributed by atoms with Gasteiger partial charge in [-0.3, -0.25) is 9.59 Å². The van der Waals surface area contributed by atoms with Crippen molar-refractivity contribution in [1.82, 2.24) is 10.2 Å². The molecule has 0 fully saturated rings. The highest BCUT2D eigenvalue weighted by atomic mass is 16.5. The Morgan fingerprint density at radius 1 is 1.04 bits per heavy atom.